The van der Waals surface area contributed by atoms with E-state index in [9.17, 15) is 29.2 Å². The first-order valence-electron chi connectivity index (χ1n) is 12.1. The molecule has 0 aliphatic carbocycles. The van der Waals surface area contributed by atoms with E-state index < -0.39 is 31.2 Å². The zero-order chi connectivity index (χ0) is 29.5. The molecule has 0 spiro atoms. The molecular weight excluding hydrogens is 597 g/mol. The van der Waals surface area contributed by atoms with Gasteiger partial charge in [-0.2, -0.15) is 5.26 Å². The van der Waals surface area contributed by atoms with Gasteiger partial charge in [-0.05, 0) is 49.7 Å². The van der Waals surface area contributed by atoms with Gasteiger partial charge in [0.2, 0.25) is 5.88 Å². The molecule has 43 heavy (non-hydrogen) atoms. The predicted molar refractivity (Wildman–Crippen MR) is 144 cm³/mol. The van der Waals surface area contributed by atoms with Crippen LogP contribution in [0.15, 0.2) is 70.5 Å². The Bertz CT molecular complexity index is 2020. The van der Waals surface area contributed by atoms with Crippen molar-refractivity contribution in [1.82, 2.24) is 24.1 Å². The van der Waals surface area contributed by atoms with E-state index in [0.29, 0.717) is 32.8 Å². The van der Waals surface area contributed by atoms with Gasteiger partial charge in [-0.3, -0.25) is 14.3 Å². The molecule has 0 fully saturated rings. The van der Waals surface area contributed by atoms with Gasteiger partial charge in [0.05, 0.1) is 54.2 Å². The number of phosphoric ester groups is 1. The molecule has 0 aliphatic heterocycles. The number of aromatic nitrogens is 5. The van der Waals surface area contributed by atoms with Gasteiger partial charge in [0, 0.05) is 24.0 Å². The Morgan fingerprint density at radius 1 is 1.00 bits per heavy atom. The van der Waals surface area contributed by atoms with Gasteiger partial charge in [0.25, 0.3) is 5.56 Å². The SMILES string of the molecule is COc1ccc(-c2ccc3ncc4c(=O)n(COP(=O)([O-])[O-])c(=O)n(-c5ccc(C(C)(C)C#N)cc5)c4c3n2)cn1.[Na+].[Na+]. The fourth-order valence-electron chi connectivity index (χ4n) is 4.27. The first-order chi connectivity index (χ1) is 19.4. The molecule has 1 aromatic carbocycles. The number of hydrogen-bond acceptors (Lipinski definition) is 11. The normalized spacial score (nSPS) is 11.4. The minimum absolute atomic E-state index is 0. The smallest absolute Gasteiger partial charge is 0.790 e. The second kappa shape index (κ2) is 13.5. The molecule has 208 valence electrons. The Labute approximate surface area is 289 Å². The second-order valence-electron chi connectivity index (χ2n) is 9.51. The van der Waals surface area contributed by atoms with Crippen LogP contribution in [0.5, 0.6) is 5.88 Å². The van der Waals surface area contributed by atoms with Crippen molar-refractivity contribution in [3.63, 3.8) is 0 Å². The van der Waals surface area contributed by atoms with Gasteiger partial charge in [0.15, 0.2) is 0 Å². The van der Waals surface area contributed by atoms with E-state index in [2.05, 4.69) is 20.6 Å². The Morgan fingerprint density at radius 3 is 2.28 bits per heavy atom. The van der Waals surface area contributed by atoms with E-state index in [4.69, 9.17) is 9.72 Å². The molecule has 0 saturated heterocycles. The largest absolute Gasteiger partial charge is 1.00 e. The maximum atomic E-state index is 13.8. The molecule has 0 saturated carbocycles. The molecule has 0 amide bonds. The van der Waals surface area contributed by atoms with Gasteiger partial charge in [0.1, 0.15) is 12.2 Å². The van der Waals surface area contributed by atoms with Crippen LogP contribution >= 0.6 is 7.82 Å². The average Bonchev–Trinajstić information content (AvgIpc) is 2.96. The molecule has 0 N–H and O–H groups in total. The molecule has 4 heterocycles. The maximum absolute atomic E-state index is 13.8. The average molecular weight is 618 g/mol. The zero-order valence-electron chi connectivity index (χ0n) is 24.0. The first-order valence-corrected chi connectivity index (χ1v) is 13.5. The number of fused-ring (bicyclic) bond motifs is 3. The minimum atomic E-state index is -5.51. The number of hydrogen-bond donors (Lipinski definition) is 0. The number of nitrogens with zero attached hydrogens (tertiary/aromatic N) is 6. The summed E-state index contributed by atoms with van der Waals surface area (Å²) in [6.45, 7) is 2.36. The summed E-state index contributed by atoms with van der Waals surface area (Å²) in [6, 6.07) is 15.5. The fourth-order valence-corrected chi connectivity index (χ4v) is 4.53. The summed E-state index contributed by atoms with van der Waals surface area (Å²) in [5, 5.41) is 9.44. The van der Waals surface area contributed by atoms with Crippen LogP contribution in [0.4, 0.5) is 0 Å². The summed E-state index contributed by atoms with van der Waals surface area (Å²) < 4.78 is 22.2. The third kappa shape index (κ3) is 7.00. The van der Waals surface area contributed by atoms with Crippen molar-refractivity contribution in [2.75, 3.05) is 7.11 Å². The van der Waals surface area contributed by atoms with Crippen LogP contribution in [-0.4, -0.2) is 31.2 Å². The third-order valence-corrected chi connectivity index (χ3v) is 6.95. The second-order valence-corrected chi connectivity index (χ2v) is 10.7. The Kier molecular flexibility index (Phi) is 10.9. The molecule has 4 aromatic heterocycles. The Hall–Kier alpha value is -2.73. The number of rotatable bonds is 7. The quantitative estimate of drug-likeness (QED) is 0.0977. The molecule has 5 aromatic rings. The summed E-state index contributed by atoms with van der Waals surface area (Å²) >= 11 is 0. The minimum Gasteiger partial charge on any atom is -0.790 e. The van der Waals surface area contributed by atoms with E-state index in [1.165, 1.54) is 13.3 Å². The van der Waals surface area contributed by atoms with Gasteiger partial charge >= 0.3 is 64.8 Å². The molecule has 0 radical (unpaired) electrons. The summed E-state index contributed by atoms with van der Waals surface area (Å²) in [5.74, 6) is 0.405. The van der Waals surface area contributed by atoms with Crippen molar-refractivity contribution in [3.05, 3.63) is 87.3 Å². The van der Waals surface area contributed by atoms with Crippen LogP contribution in [0.2, 0.25) is 0 Å². The van der Waals surface area contributed by atoms with Crippen molar-refractivity contribution >= 4 is 29.8 Å². The number of methoxy groups -OCH3 is 1. The number of benzene rings is 1. The van der Waals surface area contributed by atoms with Gasteiger partial charge in [-0.25, -0.2) is 19.3 Å². The predicted octanol–water partition coefficient (Wildman–Crippen LogP) is -4.22. The Morgan fingerprint density at radius 2 is 1.70 bits per heavy atom. The summed E-state index contributed by atoms with van der Waals surface area (Å²) in [5.41, 5.74) is 0.0141. The van der Waals surface area contributed by atoms with Crippen molar-refractivity contribution in [2.45, 2.75) is 26.0 Å². The zero-order valence-corrected chi connectivity index (χ0v) is 28.9. The van der Waals surface area contributed by atoms with Crippen molar-refractivity contribution in [1.29, 1.82) is 5.26 Å². The van der Waals surface area contributed by atoms with Gasteiger partial charge < -0.3 is 23.6 Å². The van der Waals surface area contributed by atoms with Crippen molar-refractivity contribution in [2.24, 2.45) is 0 Å². The topological polar surface area (TPSA) is 188 Å². The molecule has 5 rings (SSSR count). The molecule has 13 nitrogen and oxygen atoms in total. The van der Waals surface area contributed by atoms with Crippen LogP contribution in [-0.2, 0) is 21.2 Å². The number of ether oxygens (including phenoxy) is 1. The standard InChI is InChI=1S/C27H23N6O7P.2Na/c1-27(2,14-28)17-5-7-18(8-6-17)33-24-19(25(34)32(26(33)35)15-40-41(36,37)38)13-29-21-10-9-20(31-23(21)24)16-4-11-22(39-3)30-12-16;;/h4-13H,15H2,1-3H3,(H2,36,37,38);;/q;2*+1/p-2. The van der Waals surface area contributed by atoms with E-state index in [1.807, 2.05) is 0 Å². The summed E-state index contributed by atoms with van der Waals surface area (Å²) in [4.78, 5) is 62.7. The molecule has 0 atom stereocenters. The van der Waals surface area contributed by atoms with Crippen molar-refractivity contribution in [3.8, 4) is 28.9 Å². The van der Waals surface area contributed by atoms with Crippen molar-refractivity contribution < 1.29 is 82.7 Å². The van der Waals surface area contributed by atoms with E-state index >= 15 is 0 Å². The first kappa shape index (κ1) is 34.8. The number of phosphoric acid groups is 1. The van der Waals surface area contributed by atoms with Crippen LogP contribution < -0.4 is 84.9 Å². The molecule has 0 bridgehead atoms. The number of pyridine rings is 3. The van der Waals surface area contributed by atoms with E-state index in [1.54, 1.807) is 68.6 Å². The molecule has 0 aliphatic rings. The van der Waals surface area contributed by atoms with E-state index in [0.717, 1.165) is 4.57 Å². The molecule has 0 unspecified atom stereocenters. The monoisotopic (exact) mass is 618 g/mol. The van der Waals surface area contributed by atoms with E-state index in [-0.39, 0.29) is 81.2 Å². The summed E-state index contributed by atoms with van der Waals surface area (Å²) in [6.07, 6.45) is 2.80. The fraction of sp³-hybridized carbons (Fsp3) is 0.185. The van der Waals surface area contributed by atoms with Gasteiger partial charge in [-0.1, -0.05) is 12.1 Å². The molecule has 16 heteroatoms. The molecular formula is C27H21N6Na2O7P. The van der Waals surface area contributed by atoms with Crippen LogP contribution in [0.25, 0.3) is 38.9 Å². The van der Waals surface area contributed by atoms with Crippen LogP contribution in [0.1, 0.15) is 19.4 Å². The van der Waals surface area contributed by atoms with Crippen LogP contribution in [0, 0.1) is 11.3 Å². The number of nitriles is 1. The maximum Gasteiger partial charge on any atom is 1.00 e. The van der Waals surface area contributed by atoms with Crippen LogP contribution in [0.3, 0.4) is 0 Å². The Balaban J connectivity index is 0.00000253. The third-order valence-electron chi connectivity index (χ3n) is 6.52. The summed E-state index contributed by atoms with van der Waals surface area (Å²) in [7, 11) is -4.02. The van der Waals surface area contributed by atoms with Gasteiger partial charge in [-0.15, -0.1) is 0 Å².